The maximum Gasteiger partial charge on any atom is 0.0294 e. The molecule has 2 N–H and O–H groups in total. The first-order chi connectivity index (χ1) is 8.16. The van der Waals surface area contributed by atoms with Gasteiger partial charge in [0.1, 0.15) is 0 Å². The molecule has 0 aromatic heterocycles. The van der Waals surface area contributed by atoms with Gasteiger partial charge in [-0.2, -0.15) is 0 Å². The Labute approximate surface area is 105 Å². The molecular weight excluding hydrogens is 208 g/mol. The summed E-state index contributed by atoms with van der Waals surface area (Å²) in [6.07, 6.45) is 1.24. The molecule has 2 rings (SSSR count). The summed E-state index contributed by atoms with van der Waals surface area (Å²) in [7, 11) is 0. The molecule has 1 aromatic rings. The maximum absolute atomic E-state index is 3.68. The van der Waals surface area contributed by atoms with Gasteiger partial charge in [-0.05, 0) is 36.9 Å². The zero-order valence-corrected chi connectivity index (χ0v) is 11.2. The molecule has 17 heavy (non-hydrogen) atoms. The summed E-state index contributed by atoms with van der Waals surface area (Å²) < 4.78 is 0. The van der Waals surface area contributed by atoms with E-state index < -0.39 is 0 Å². The highest BCUT2D eigenvalue weighted by Crippen LogP contribution is 2.19. The first-order valence-corrected chi connectivity index (χ1v) is 6.73. The molecule has 2 nitrogen and oxygen atoms in total. The molecule has 0 radical (unpaired) electrons. The summed E-state index contributed by atoms with van der Waals surface area (Å²) in [5.74, 6) is 0.617. The third-order valence-electron chi connectivity index (χ3n) is 3.65. The second-order valence-corrected chi connectivity index (χ2v) is 5.40. The van der Waals surface area contributed by atoms with Gasteiger partial charge in [-0.1, -0.05) is 38.1 Å². The molecule has 1 aliphatic heterocycles. The molecule has 1 heterocycles. The second-order valence-electron chi connectivity index (χ2n) is 5.40. The topological polar surface area (TPSA) is 24.1 Å². The van der Waals surface area contributed by atoms with Crippen LogP contribution in [-0.4, -0.2) is 19.1 Å². The van der Waals surface area contributed by atoms with E-state index in [1.807, 2.05) is 0 Å². The van der Waals surface area contributed by atoms with Crippen LogP contribution in [0.15, 0.2) is 24.3 Å². The Hall–Kier alpha value is -0.860. The Morgan fingerprint density at radius 2 is 1.76 bits per heavy atom. The van der Waals surface area contributed by atoms with Crippen LogP contribution in [0.4, 0.5) is 0 Å². The third-order valence-corrected chi connectivity index (χ3v) is 3.65. The fourth-order valence-corrected chi connectivity index (χ4v) is 2.42. The smallest absolute Gasteiger partial charge is 0.0294 e. The standard InChI is InChI=1S/C15H24N2/c1-11(2)13-4-6-14(7-5-13)12(3)17-15-8-9-16-10-15/h4-7,11-12,15-17H,8-10H2,1-3H3. The van der Waals surface area contributed by atoms with Crippen molar-refractivity contribution >= 4 is 0 Å². The molecule has 1 fully saturated rings. The first-order valence-electron chi connectivity index (χ1n) is 6.73. The highest BCUT2D eigenvalue weighted by molar-refractivity contribution is 5.26. The average Bonchev–Trinajstić information content (AvgIpc) is 2.82. The van der Waals surface area contributed by atoms with Gasteiger partial charge in [-0.25, -0.2) is 0 Å². The molecule has 2 atom stereocenters. The molecule has 2 unspecified atom stereocenters. The lowest BCUT2D eigenvalue weighted by atomic mass is 9.99. The highest BCUT2D eigenvalue weighted by atomic mass is 15.0. The van der Waals surface area contributed by atoms with Crippen molar-refractivity contribution in [3.63, 3.8) is 0 Å². The van der Waals surface area contributed by atoms with E-state index in [1.54, 1.807) is 0 Å². The molecule has 2 heteroatoms. The molecule has 0 amide bonds. The third kappa shape index (κ3) is 3.30. The SMILES string of the molecule is CC(C)c1ccc(C(C)NC2CCNC2)cc1. The van der Waals surface area contributed by atoms with Crippen LogP contribution < -0.4 is 10.6 Å². The lowest BCUT2D eigenvalue weighted by Gasteiger charge is -2.19. The molecule has 0 spiro atoms. The van der Waals surface area contributed by atoms with Crippen LogP contribution in [0.3, 0.4) is 0 Å². The van der Waals surface area contributed by atoms with Gasteiger partial charge in [-0.3, -0.25) is 0 Å². The monoisotopic (exact) mass is 232 g/mol. The van der Waals surface area contributed by atoms with Gasteiger partial charge in [0.15, 0.2) is 0 Å². The number of hydrogen-bond acceptors (Lipinski definition) is 2. The Bertz CT molecular complexity index is 336. The summed E-state index contributed by atoms with van der Waals surface area (Å²) >= 11 is 0. The number of nitrogens with one attached hydrogen (secondary N) is 2. The van der Waals surface area contributed by atoms with E-state index in [-0.39, 0.29) is 0 Å². The van der Waals surface area contributed by atoms with Crippen molar-refractivity contribution in [1.82, 2.24) is 10.6 Å². The molecule has 1 saturated heterocycles. The normalized spacial score (nSPS) is 22.0. The van der Waals surface area contributed by atoms with Gasteiger partial charge in [0.2, 0.25) is 0 Å². The Kier molecular flexibility index (Phi) is 4.19. The summed E-state index contributed by atoms with van der Waals surface area (Å²) in [4.78, 5) is 0. The van der Waals surface area contributed by atoms with Crippen molar-refractivity contribution in [3.05, 3.63) is 35.4 Å². The molecule has 0 bridgehead atoms. The van der Waals surface area contributed by atoms with Gasteiger partial charge in [0, 0.05) is 18.6 Å². The number of hydrogen-bond donors (Lipinski definition) is 2. The van der Waals surface area contributed by atoms with E-state index in [1.165, 1.54) is 17.5 Å². The molecule has 0 saturated carbocycles. The van der Waals surface area contributed by atoms with E-state index in [2.05, 4.69) is 55.7 Å². The Morgan fingerprint density at radius 1 is 1.12 bits per heavy atom. The van der Waals surface area contributed by atoms with Crippen LogP contribution in [0.5, 0.6) is 0 Å². The summed E-state index contributed by atoms with van der Waals surface area (Å²) in [6, 6.07) is 10.1. The first kappa shape index (κ1) is 12.6. The summed E-state index contributed by atoms with van der Waals surface area (Å²) in [5, 5.41) is 7.07. The van der Waals surface area contributed by atoms with Crippen molar-refractivity contribution in [2.45, 2.75) is 45.2 Å². The summed E-state index contributed by atoms with van der Waals surface area (Å²) in [5.41, 5.74) is 2.81. The van der Waals surface area contributed by atoms with E-state index in [0.29, 0.717) is 18.0 Å². The van der Waals surface area contributed by atoms with Gasteiger partial charge >= 0.3 is 0 Å². The van der Waals surface area contributed by atoms with Crippen molar-refractivity contribution in [3.8, 4) is 0 Å². The molecule has 0 aliphatic carbocycles. The van der Waals surface area contributed by atoms with Crippen LogP contribution in [0.2, 0.25) is 0 Å². The minimum atomic E-state index is 0.445. The predicted octanol–water partition coefficient (Wildman–Crippen LogP) is 2.82. The number of benzene rings is 1. The zero-order valence-electron chi connectivity index (χ0n) is 11.2. The Balaban J connectivity index is 1.96. The van der Waals surface area contributed by atoms with Crippen LogP contribution in [0.1, 0.15) is 50.3 Å². The molecule has 94 valence electrons. The van der Waals surface area contributed by atoms with Crippen LogP contribution in [0, 0.1) is 0 Å². The van der Waals surface area contributed by atoms with E-state index in [0.717, 1.165) is 13.1 Å². The summed E-state index contributed by atoms with van der Waals surface area (Å²) in [6.45, 7) is 8.98. The average molecular weight is 232 g/mol. The van der Waals surface area contributed by atoms with E-state index in [4.69, 9.17) is 0 Å². The maximum atomic E-state index is 3.68. The van der Waals surface area contributed by atoms with Crippen LogP contribution in [-0.2, 0) is 0 Å². The second kappa shape index (κ2) is 5.65. The van der Waals surface area contributed by atoms with Crippen molar-refractivity contribution in [1.29, 1.82) is 0 Å². The van der Waals surface area contributed by atoms with Crippen molar-refractivity contribution < 1.29 is 0 Å². The van der Waals surface area contributed by atoms with Gasteiger partial charge < -0.3 is 10.6 Å². The molecule has 1 aromatic carbocycles. The van der Waals surface area contributed by atoms with E-state index >= 15 is 0 Å². The zero-order chi connectivity index (χ0) is 12.3. The molecular formula is C15H24N2. The fraction of sp³-hybridized carbons (Fsp3) is 0.600. The fourth-order valence-electron chi connectivity index (χ4n) is 2.42. The van der Waals surface area contributed by atoms with Crippen molar-refractivity contribution in [2.75, 3.05) is 13.1 Å². The van der Waals surface area contributed by atoms with E-state index in [9.17, 15) is 0 Å². The van der Waals surface area contributed by atoms with Gasteiger partial charge in [0.25, 0.3) is 0 Å². The largest absolute Gasteiger partial charge is 0.315 e. The lowest BCUT2D eigenvalue weighted by Crippen LogP contribution is -2.33. The Morgan fingerprint density at radius 3 is 2.29 bits per heavy atom. The molecule has 1 aliphatic rings. The van der Waals surface area contributed by atoms with Crippen molar-refractivity contribution in [2.24, 2.45) is 0 Å². The minimum absolute atomic E-state index is 0.445. The quantitative estimate of drug-likeness (QED) is 0.834. The van der Waals surface area contributed by atoms with Crippen LogP contribution >= 0.6 is 0 Å². The van der Waals surface area contributed by atoms with Crippen LogP contribution in [0.25, 0.3) is 0 Å². The lowest BCUT2D eigenvalue weighted by molar-refractivity contribution is 0.478. The highest BCUT2D eigenvalue weighted by Gasteiger charge is 2.17. The predicted molar refractivity (Wildman–Crippen MR) is 73.4 cm³/mol. The van der Waals surface area contributed by atoms with Gasteiger partial charge in [0.05, 0.1) is 0 Å². The number of rotatable bonds is 4. The van der Waals surface area contributed by atoms with Gasteiger partial charge in [-0.15, -0.1) is 0 Å². The minimum Gasteiger partial charge on any atom is -0.315 e.